The number of carboxylic acids is 1. The van der Waals surface area contributed by atoms with Gasteiger partial charge in [0.05, 0.1) is 6.04 Å². The number of halogens is 2. The number of nitrogens with one attached hydrogen (secondary N) is 2. The Labute approximate surface area is 198 Å². The van der Waals surface area contributed by atoms with Crippen molar-refractivity contribution in [3.05, 3.63) is 35.4 Å². The molecule has 11 nitrogen and oxygen atoms in total. The van der Waals surface area contributed by atoms with Crippen molar-refractivity contribution in [1.29, 1.82) is 0 Å². The van der Waals surface area contributed by atoms with Gasteiger partial charge < -0.3 is 20.5 Å². The minimum atomic E-state index is -1.24. The van der Waals surface area contributed by atoms with Crippen LogP contribution in [0.15, 0.2) is 18.2 Å². The number of carbonyl (C=O) groups is 6. The van der Waals surface area contributed by atoms with E-state index < -0.39 is 59.4 Å². The van der Waals surface area contributed by atoms with Crippen LogP contribution < -0.4 is 10.6 Å². The Morgan fingerprint density at radius 1 is 1.17 bits per heavy atom. The first-order chi connectivity index (χ1) is 16.6. The molecule has 1 aromatic rings. The molecule has 2 aliphatic rings. The predicted molar refractivity (Wildman–Crippen MR) is 113 cm³/mol. The van der Waals surface area contributed by atoms with Crippen LogP contribution in [0.5, 0.6) is 0 Å². The maximum absolute atomic E-state index is 13.5. The monoisotopic (exact) mass is 494 g/mol. The summed E-state index contributed by atoms with van der Waals surface area (Å²) in [5, 5.41) is 15.7. The summed E-state index contributed by atoms with van der Waals surface area (Å²) < 4.78 is 26.7. The molecule has 188 valence electrons. The number of fused-ring (bicyclic) bond motifs is 1. The summed E-state index contributed by atoms with van der Waals surface area (Å²) in [6, 6.07) is -1.02. The molecule has 3 rings (SSSR count). The van der Waals surface area contributed by atoms with Gasteiger partial charge in [0.15, 0.2) is 11.6 Å². The topological polar surface area (TPSA) is 153 Å². The first-order valence-electron chi connectivity index (χ1n) is 11.0. The van der Waals surface area contributed by atoms with Crippen LogP contribution in [0, 0.1) is 11.6 Å². The lowest BCUT2D eigenvalue weighted by Gasteiger charge is -2.43. The van der Waals surface area contributed by atoms with Crippen molar-refractivity contribution in [3.63, 3.8) is 0 Å². The molecule has 0 bridgehead atoms. The van der Waals surface area contributed by atoms with Gasteiger partial charge in [-0.2, -0.15) is 0 Å². The van der Waals surface area contributed by atoms with Gasteiger partial charge >= 0.3 is 5.97 Å². The molecule has 0 saturated carbocycles. The highest BCUT2D eigenvalue weighted by atomic mass is 19.2. The molecule has 35 heavy (non-hydrogen) atoms. The molecule has 2 saturated heterocycles. The van der Waals surface area contributed by atoms with E-state index >= 15 is 0 Å². The number of carbonyl (C=O) groups excluding carboxylic acids is 5. The van der Waals surface area contributed by atoms with Crippen LogP contribution in [-0.2, 0) is 24.0 Å². The summed E-state index contributed by atoms with van der Waals surface area (Å²) in [6.45, 7) is 0.161. The van der Waals surface area contributed by atoms with Crippen LogP contribution in [0.4, 0.5) is 8.78 Å². The van der Waals surface area contributed by atoms with E-state index in [-0.39, 0.29) is 44.2 Å². The molecule has 13 heteroatoms. The highest BCUT2D eigenvalue weighted by Crippen LogP contribution is 2.25. The maximum atomic E-state index is 13.5. The van der Waals surface area contributed by atoms with Crippen LogP contribution in [0.3, 0.4) is 0 Å². The van der Waals surface area contributed by atoms with Crippen molar-refractivity contribution in [2.45, 2.75) is 56.7 Å². The molecule has 1 aromatic carbocycles. The fourth-order valence-corrected chi connectivity index (χ4v) is 4.02. The first-order valence-corrected chi connectivity index (χ1v) is 11.0. The molecule has 0 aromatic heterocycles. The van der Waals surface area contributed by atoms with E-state index in [1.807, 2.05) is 0 Å². The van der Waals surface area contributed by atoms with Crippen molar-refractivity contribution < 1.29 is 42.7 Å². The Balaban J connectivity index is 1.79. The lowest BCUT2D eigenvalue weighted by molar-refractivity contribution is -0.176. The summed E-state index contributed by atoms with van der Waals surface area (Å²) in [6.07, 6.45) is 0.233. The highest BCUT2D eigenvalue weighted by Gasteiger charge is 2.44. The van der Waals surface area contributed by atoms with Crippen molar-refractivity contribution in [2.75, 3.05) is 6.54 Å². The third kappa shape index (κ3) is 5.97. The van der Waals surface area contributed by atoms with Crippen molar-refractivity contribution in [1.82, 2.24) is 20.7 Å². The molecule has 4 amide bonds. The third-order valence-corrected chi connectivity index (χ3v) is 5.81. The second kappa shape index (κ2) is 11.0. The number of hydrogen-bond acceptors (Lipinski definition) is 6. The molecule has 2 heterocycles. The number of benzene rings is 1. The molecule has 0 unspecified atom stereocenters. The summed E-state index contributed by atoms with van der Waals surface area (Å²) >= 11 is 0. The van der Waals surface area contributed by atoms with Crippen LogP contribution in [0.25, 0.3) is 0 Å². The molecule has 3 atom stereocenters. The van der Waals surface area contributed by atoms with Crippen LogP contribution in [0.1, 0.15) is 48.9 Å². The summed E-state index contributed by atoms with van der Waals surface area (Å²) in [7, 11) is 0. The summed E-state index contributed by atoms with van der Waals surface area (Å²) in [4.78, 5) is 73.6. The van der Waals surface area contributed by atoms with Gasteiger partial charge in [0.25, 0.3) is 11.8 Å². The lowest BCUT2D eigenvalue weighted by Crippen LogP contribution is -2.64. The summed E-state index contributed by atoms with van der Waals surface area (Å²) in [5.41, 5.74) is -0.232. The smallest absolute Gasteiger partial charge is 0.303 e. The predicted octanol–water partition coefficient (Wildman–Crippen LogP) is 0.140. The molecule has 0 radical (unpaired) electrons. The van der Waals surface area contributed by atoms with E-state index in [1.54, 1.807) is 0 Å². The largest absolute Gasteiger partial charge is 0.481 e. The van der Waals surface area contributed by atoms with Gasteiger partial charge in [-0.25, -0.2) is 13.8 Å². The average Bonchev–Trinajstić information content (AvgIpc) is 2.95. The molecular weight excluding hydrogens is 470 g/mol. The number of carboxylic acid groups (broad SMARTS) is 1. The quantitative estimate of drug-likeness (QED) is 0.435. The Hall–Kier alpha value is -3.90. The zero-order valence-corrected chi connectivity index (χ0v) is 18.5. The van der Waals surface area contributed by atoms with Crippen molar-refractivity contribution in [3.8, 4) is 0 Å². The number of aliphatic carboxylic acids is 1. The first kappa shape index (κ1) is 25.7. The summed E-state index contributed by atoms with van der Waals surface area (Å²) in [5.74, 6) is -6.35. The van der Waals surface area contributed by atoms with Gasteiger partial charge in [0.1, 0.15) is 18.4 Å². The van der Waals surface area contributed by atoms with Crippen molar-refractivity contribution in [2.24, 2.45) is 0 Å². The second-order valence-electron chi connectivity index (χ2n) is 8.23. The standard InChI is InChI=1S/C22H24F2N4O7/c23-14-5-3-12(10-15(14)24)20(33)26-16-6-7-18(30)27-9-1-2-17(28(27)22(16)35)21(34)25-13(11-29)4-8-19(31)32/h3,5,10-11,13,16-17H,1-2,4,6-9H2,(H,25,34)(H,26,33)(H,31,32)/t13-,16-,17-/m0/s1. The molecule has 2 fully saturated rings. The Morgan fingerprint density at radius 3 is 2.57 bits per heavy atom. The van der Waals surface area contributed by atoms with E-state index in [4.69, 9.17) is 5.11 Å². The molecular formula is C22H24F2N4O7. The number of aldehydes is 1. The number of amides is 4. The Kier molecular flexibility index (Phi) is 8.10. The fraction of sp³-hybridized carbons (Fsp3) is 0.455. The number of hydrogen-bond donors (Lipinski definition) is 3. The van der Waals surface area contributed by atoms with Gasteiger partial charge in [0, 0.05) is 24.9 Å². The lowest BCUT2D eigenvalue weighted by atomic mass is 10.0. The second-order valence-corrected chi connectivity index (χ2v) is 8.23. The maximum Gasteiger partial charge on any atom is 0.303 e. The van der Waals surface area contributed by atoms with Gasteiger partial charge in [-0.1, -0.05) is 0 Å². The van der Waals surface area contributed by atoms with Gasteiger partial charge in [-0.05, 0) is 43.9 Å². The highest BCUT2D eigenvalue weighted by molar-refractivity contribution is 5.99. The van der Waals surface area contributed by atoms with Gasteiger partial charge in [-0.3, -0.25) is 29.0 Å². The van der Waals surface area contributed by atoms with Crippen LogP contribution in [-0.4, -0.2) is 75.7 Å². The Morgan fingerprint density at radius 2 is 1.91 bits per heavy atom. The number of rotatable bonds is 8. The molecule has 0 aliphatic carbocycles. The minimum Gasteiger partial charge on any atom is -0.481 e. The van der Waals surface area contributed by atoms with Gasteiger partial charge in [-0.15, -0.1) is 0 Å². The minimum absolute atomic E-state index is 0.0794. The third-order valence-electron chi connectivity index (χ3n) is 5.81. The van der Waals surface area contributed by atoms with E-state index in [2.05, 4.69) is 10.6 Å². The number of hydrazine groups is 1. The average molecular weight is 494 g/mol. The zero-order chi connectivity index (χ0) is 25.7. The van der Waals surface area contributed by atoms with Crippen LogP contribution >= 0.6 is 0 Å². The molecule has 0 spiro atoms. The van der Waals surface area contributed by atoms with E-state index in [0.717, 1.165) is 22.2 Å². The van der Waals surface area contributed by atoms with Crippen LogP contribution in [0.2, 0.25) is 0 Å². The van der Waals surface area contributed by atoms with E-state index in [9.17, 15) is 37.5 Å². The molecule has 3 N–H and O–H groups in total. The van der Waals surface area contributed by atoms with Gasteiger partial charge in [0.2, 0.25) is 11.8 Å². The zero-order valence-electron chi connectivity index (χ0n) is 18.5. The van der Waals surface area contributed by atoms with E-state index in [0.29, 0.717) is 18.8 Å². The molecule has 2 aliphatic heterocycles. The number of nitrogens with zero attached hydrogens (tertiary/aromatic N) is 2. The fourth-order valence-electron chi connectivity index (χ4n) is 4.02. The van der Waals surface area contributed by atoms with Crippen molar-refractivity contribution >= 4 is 35.9 Å². The van der Waals surface area contributed by atoms with E-state index in [1.165, 1.54) is 0 Å². The Bertz CT molecular complexity index is 1050. The SMILES string of the molecule is O=C[C@H](CCC(=O)O)NC(=O)[C@@H]1CCCN2C(=O)CC[C@H](NC(=O)c3ccc(F)c(F)c3)C(=O)N12. The normalized spacial score (nSPS) is 21.0.